The smallest absolute Gasteiger partial charge is 0.306 e. The third-order valence-electron chi connectivity index (χ3n) is 3.22. The van der Waals surface area contributed by atoms with Gasteiger partial charge in [-0.25, -0.2) is 8.42 Å². The van der Waals surface area contributed by atoms with Crippen LogP contribution in [-0.2, 0) is 32.1 Å². The van der Waals surface area contributed by atoms with E-state index >= 15 is 0 Å². The Labute approximate surface area is 154 Å². The largest absolute Gasteiger partial charge is 0.452 e. The van der Waals surface area contributed by atoms with Crippen LogP contribution in [-0.4, -0.2) is 34.3 Å². The van der Waals surface area contributed by atoms with Gasteiger partial charge in [0.15, 0.2) is 21.3 Å². The van der Waals surface area contributed by atoms with Crippen molar-refractivity contribution in [2.24, 2.45) is 0 Å². The van der Waals surface area contributed by atoms with E-state index in [1.807, 2.05) is 13.0 Å². The Bertz CT molecular complexity index is 967. The molecule has 0 radical (unpaired) electrons. The van der Waals surface area contributed by atoms with Gasteiger partial charge in [-0.15, -0.1) is 0 Å². The number of ether oxygens (including phenoxy) is 1. The summed E-state index contributed by atoms with van der Waals surface area (Å²) < 4.78 is 56.3. The van der Waals surface area contributed by atoms with Gasteiger partial charge in [-0.3, -0.25) is 4.98 Å². The van der Waals surface area contributed by atoms with Crippen molar-refractivity contribution in [2.45, 2.75) is 25.5 Å². The van der Waals surface area contributed by atoms with E-state index in [9.17, 15) is 16.8 Å². The molecule has 0 saturated heterocycles. The van der Waals surface area contributed by atoms with Gasteiger partial charge in [-0.1, -0.05) is 19.4 Å². The predicted molar refractivity (Wildman–Crippen MR) is 98.8 cm³/mol. The standard InChI is InChI=1S/C17H21NO6S2/c1-4-5-13-6-9-16(17(10-13)24-26(3,21)22)23-15-8-7-14(18-11-15)12-25(2,19)20/h6-11H,4-5,12H2,1-3H3. The number of benzene rings is 1. The van der Waals surface area contributed by atoms with Crippen molar-refractivity contribution in [1.82, 2.24) is 4.98 Å². The Hall–Kier alpha value is -2.13. The summed E-state index contributed by atoms with van der Waals surface area (Å²) in [6, 6.07) is 8.21. The molecule has 7 nitrogen and oxygen atoms in total. The molecule has 0 aliphatic rings. The monoisotopic (exact) mass is 399 g/mol. The van der Waals surface area contributed by atoms with Gasteiger partial charge in [0.1, 0.15) is 5.75 Å². The third kappa shape index (κ3) is 6.64. The van der Waals surface area contributed by atoms with Gasteiger partial charge >= 0.3 is 10.1 Å². The molecule has 1 aromatic heterocycles. The molecule has 0 bridgehead atoms. The highest BCUT2D eigenvalue weighted by Gasteiger charge is 2.14. The Morgan fingerprint density at radius 2 is 1.73 bits per heavy atom. The summed E-state index contributed by atoms with van der Waals surface area (Å²) in [5.41, 5.74) is 1.32. The second kappa shape index (κ2) is 8.05. The third-order valence-corrected chi connectivity index (χ3v) is 4.53. The first-order valence-electron chi connectivity index (χ1n) is 7.88. The molecule has 0 saturated carbocycles. The van der Waals surface area contributed by atoms with Gasteiger partial charge in [0.25, 0.3) is 0 Å². The Morgan fingerprint density at radius 1 is 1.00 bits per heavy atom. The lowest BCUT2D eigenvalue weighted by atomic mass is 10.1. The number of pyridine rings is 1. The highest BCUT2D eigenvalue weighted by atomic mass is 32.2. The number of sulfone groups is 1. The van der Waals surface area contributed by atoms with Gasteiger partial charge < -0.3 is 8.92 Å². The summed E-state index contributed by atoms with van der Waals surface area (Å²) in [5.74, 6) is 0.497. The molecule has 142 valence electrons. The summed E-state index contributed by atoms with van der Waals surface area (Å²) in [7, 11) is -6.89. The fraction of sp³-hybridized carbons (Fsp3) is 0.353. The van der Waals surface area contributed by atoms with Crippen molar-refractivity contribution >= 4 is 20.0 Å². The molecule has 0 spiro atoms. The number of aryl methyl sites for hydroxylation is 1. The molecule has 2 rings (SSSR count). The average molecular weight is 399 g/mol. The van der Waals surface area contributed by atoms with E-state index in [2.05, 4.69) is 4.98 Å². The molecule has 0 unspecified atom stereocenters. The van der Waals surface area contributed by atoms with Crippen LogP contribution in [0.15, 0.2) is 36.5 Å². The van der Waals surface area contributed by atoms with Crippen LogP contribution in [0.2, 0.25) is 0 Å². The number of hydrogen-bond donors (Lipinski definition) is 0. The molecule has 0 aliphatic carbocycles. The average Bonchev–Trinajstić information content (AvgIpc) is 2.49. The first-order chi connectivity index (χ1) is 12.1. The van der Waals surface area contributed by atoms with E-state index in [1.54, 1.807) is 24.3 Å². The second-order valence-corrected chi connectivity index (χ2v) is 9.69. The van der Waals surface area contributed by atoms with Crippen molar-refractivity contribution < 1.29 is 25.8 Å². The highest BCUT2D eigenvalue weighted by molar-refractivity contribution is 7.89. The zero-order valence-corrected chi connectivity index (χ0v) is 16.4. The lowest BCUT2D eigenvalue weighted by Gasteiger charge is -2.12. The molecule has 0 N–H and O–H groups in total. The normalized spacial score (nSPS) is 12.0. The fourth-order valence-electron chi connectivity index (χ4n) is 2.26. The molecule has 0 fully saturated rings. The van der Waals surface area contributed by atoms with E-state index in [-0.39, 0.29) is 17.3 Å². The van der Waals surface area contributed by atoms with Crippen molar-refractivity contribution in [3.05, 3.63) is 47.8 Å². The second-order valence-electron chi connectivity index (χ2n) is 5.98. The Kier molecular flexibility index (Phi) is 6.25. The van der Waals surface area contributed by atoms with Crippen LogP contribution in [0.5, 0.6) is 17.2 Å². The van der Waals surface area contributed by atoms with Gasteiger partial charge in [-0.2, -0.15) is 8.42 Å². The first kappa shape index (κ1) is 20.2. The summed E-state index contributed by atoms with van der Waals surface area (Å²) >= 11 is 0. The SMILES string of the molecule is CCCc1ccc(Oc2ccc(CS(C)(=O)=O)nc2)c(OS(C)(=O)=O)c1. The van der Waals surface area contributed by atoms with Crippen molar-refractivity contribution in [2.75, 3.05) is 12.5 Å². The zero-order chi connectivity index (χ0) is 19.4. The van der Waals surface area contributed by atoms with Crippen LogP contribution in [0, 0.1) is 0 Å². The van der Waals surface area contributed by atoms with Crippen molar-refractivity contribution in [3.8, 4) is 17.2 Å². The Morgan fingerprint density at radius 3 is 2.27 bits per heavy atom. The molecule has 2 aromatic rings. The zero-order valence-electron chi connectivity index (χ0n) is 14.8. The molecular formula is C17H21NO6S2. The van der Waals surface area contributed by atoms with Crippen LogP contribution in [0.1, 0.15) is 24.6 Å². The minimum Gasteiger partial charge on any atom is -0.452 e. The first-order valence-corrected chi connectivity index (χ1v) is 11.8. The molecule has 1 heterocycles. The van der Waals surface area contributed by atoms with Crippen LogP contribution in [0.3, 0.4) is 0 Å². The highest BCUT2D eigenvalue weighted by Crippen LogP contribution is 2.33. The summed E-state index contributed by atoms with van der Waals surface area (Å²) in [6.45, 7) is 2.02. The molecule has 0 aliphatic heterocycles. The maximum Gasteiger partial charge on any atom is 0.306 e. The summed E-state index contributed by atoms with van der Waals surface area (Å²) in [5, 5.41) is 0. The van der Waals surface area contributed by atoms with Crippen LogP contribution in [0.4, 0.5) is 0 Å². The van der Waals surface area contributed by atoms with E-state index in [0.717, 1.165) is 30.9 Å². The number of hydrogen-bond acceptors (Lipinski definition) is 7. The topological polar surface area (TPSA) is 99.6 Å². The van der Waals surface area contributed by atoms with Gasteiger partial charge in [0, 0.05) is 6.26 Å². The maximum absolute atomic E-state index is 11.5. The lowest BCUT2D eigenvalue weighted by molar-refractivity contribution is 0.436. The van der Waals surface area contributed by atoms with Crippen molar-refractivity contribution in [3.63, 3.8) is 0 Å². The van der Waals surface area contributed by atoms with E-state index < -0.39 is 20.0 Å². The number of aromatic nitrogens is 1. The molecule has 1 aromatic carbocycles. The molecule has 0 amide bonds. The molecule has 0 atom stereocenters. The van der Waals surface area contributed by atoms with Crippen molar-refractivity contribution in [1.29, 1.82) is 0 Å². The molecule has 26 heavy (non-hydrogen) atoms. The maximum atomic E-state index is 11.5. The van der Waals surface area contributed by atoms with Gasteiger partial charge in [0.2, 0.25) is 0 Å². The van der Waals surface area contributed by atoms with Crippen LogP contribution in [0.25, 0.3) is 0 Å². The summed E-state index contributed by atoms with van der Waals surface area (Å²) in [4.78, 5) is 4.05. The van der Waals surface area contributed by atoms with Gasteiger partial charge in [0.05, 0.1) is 23.9 Å². The minimum atomic E-state index is -3.71. The Balaban J connectivity index is 2.27. The van der Waals surface area contributed by atoms with Crippen LogP contribution < -0.4 is 8.92 Å². The van der Waals surface area contributed by atoms with Gasteiger partial charge in [-0.05, 0) is 36.2 Å². The fourth-order valence-corrected chi connectivity index (χ4v) is 3.43. The molecule has 9 heteroatoms. The van der Waals surface area contributed by atoms with E-state index in [0.29, 0.717) is 11.4 Å². The minimum absolute atomic E-state index is 0.0960. The number of rotatable bonds is 8. The summed E-state index contributed by atoms with van der Waals surface area (Å²) in [6.07, 6.45) is 5.16. The lowest BCUT2D eigenvalue weighted by Crippen LogP contribution is -2.07. The van der Waals surface area contributed by atoms with E-state index in [4.69, 9.17) is 8.92 Å². The quantitative estimate of drug-likeness (QED) is 0.629. The molecular weight excluding hydrogens is 378 g/mol. The van der Waals surface area contributed by atoms with Crippen LogP contribution >= 0.6 is 0 Å². The van der Waals surface area contributed by atoms with E-state index in [1.165, 1.54) is 6.20 Å². The number of nitrogens with zero attached hydrogens (tertiary/aromatic N) is 1. The predicted octanol–water partition coefficient (Wildman–Crippen LogP) is 2.71.